The fraction of sp³-hybridized carbons (Fsp3) is 0.529. The smallest absolute Gasteiger partial charge is 0.307 e. The number of benzene rings is 1. The van der Waals surface area contributed by atoms with Gasteiger partial charge in [0.15, 0.2) is 5.78 Å². The van der Waals surface area contributed by atoms with Crippen LogP contribution in [0.15, 0.2) is 24.3 Å². The van der Waals surface area contributed by atoms with Crippen LogP contribution in [-0.4, -0.2) is 56.8 Å². The SMILES string of the molecule is CCOC(=O)CC(NCCCO)C(=O)c1ccc(N(C)C)cc1. The molecular formula is C17H26N2O4. The molecular weight excluding hydrogens is 296 g/mol. The lowest BCUT2D eigenvalue weighted by atomic mass is 10.0. The van der Waals surface area contributed by atoms with Crippen molar-refractivity contribution >= 4 is 17.4 Å². The molecule has 128 valence electrons. The second-order valence-corrected chi connectivity index (χ2v) is 5.40. The van der Waals surface area contributed by atoms with E-state index in [1.165, 1.54) is 0 Å². The Hall–Kier alpha value is -1.92. The summed E-state index contributed by atoms with van der Waals surface area (Å²) in [5, 5.41) is 11.9. The number of carbonyl (C=O) groups is 2. The fourth-order valence-corrected chi connectivity index (χ4v) is 2.12. The summed E-state index contributed by atoms with van der Waals surface area (Å²) in [5.74, 6) is -0.562. The normalized spacial score (nSPS) is 11.8. The number of nitrogens with one attached hydrogen (secondary N) is 1. The summed E-state index contributed by atoms with van der Waals surface area (Å²) in [6.45, 7) is 2.51. The molecule has 0 aromatic heterocycles. The largest absolute Gasteiger partial charge is 0.466 e. The molecule has 0 radical (unpaired) electrons. The molecule has 0 amide bonds. The zero-order chi connectivity index (χ0) is 17.2. The number of rotatable bonds is 10. The summed E-state index contributed by atoms with van der Waals surface area (Å²) >= 11 is 0. The molecule has 0 aliphatic rings. The van der Waals surface area contributed by atoms with Crippen molar-refractivity contribution in [2.45, 2.75) is 25.8 Å². The van der Waals surface area contributed by atoms with Gasteiger partial charge in [0, 0.05) is 32.0 Å². The molecule has 0 spiro atoms. The number of ketones is 1. The Morgan fingerprint density at radius 1 is 1.26 bits per heavy atom. The molecule has 0 saturated carbocycles. The molecule has 6 heteroatoms. The van der Waals surface area contributed by atoms with Gasteiger partial charge in [0.25, 0.3) is 0 Å². The predicted molar refractivity (Wildman–Crippen MR) is 89.8 cm³/mol. The maximum absolute atomic E-state index is 12.6. The van der Waals surface area contributed by atoms with Crippen molar-refractivity contribution in [2.24, 2.45) is 0 Å². The van der Waals surface area contributed by atoms with Gasteiger partial charge in [-0.1, -0.05) is 0 Å². The summed E-state index contributed by atoms with van der Waals surface area (Å²) in [4.78, 5) is 26.3. The first-order valence-electron chi connectivity index (χ1n) is 7.81. The Kier molecular flexibility index (Phi) is 8.29. The molecule has 0 saturated heterocycles. The minimum Gasteiger partial charge on any atom is -0.466 e. The van der Waals surface area contributed by atoms with E-state index in [2.05, 4.69) is 5.32 Å². The third kappa shape index (κ3) is 6.38. The number of Topliss-reactive ketones (excluding diaryl/α,β-unsaturated/α-hetero) is 1. The van der Waals surface area contributed by atoms with E-state index in [-0.39, 0.29) is 25.4 Å². The molecule has 0 bridgehead atoms. The monoisotopic (exact) mass is 322 g/mol. The fourth-order valence-electron chi connectivity index (χ4n) is 2.12. The number of aliphatic hydroxyl groups is 1. The molecule has 1 atom stereocenters. The van der Waals surface area contributed by atoms with Gasteiger partial charge in [0.1, 0.15) is 0 Å². The van der Waals surface area contributed by atoms with Crippen molar-refractivity contribution in [3.8, 4) is 0 Å². The highest BCUT2D eigenvalue weighted by Gasteiger charge is 2.23. The van der Waals surface area contributed by atoms with E-state index in [0.29, 0.717) is 18.5 Å². The maximum Gasteiger partial charge on any atom is 0.307 e. The van der Waals surface area contributed by atoms with Gasteiger partial charge in [0.05, 0.1) is 19.1 Å². The van der Waals surface area contributed by atoms with Crippen molar-refractivity contribution in [1.82, 2.24) is 5.32 Å². The van der Waals surface area contributed by atoms with Crippen LogP contribution in [0.1, 0.15) is 30.1 Å². The van der Waals surface area contributed by atoms with E-state index in [0.717, 1.165) is 5.69 Å². The van der Waals surface area contributed by atoms with Crippen molar-refractivity contribution in [1.29, 1.82) is 0 Å². The van der Waals surface area contributed by atoms with E-state index in [4.69, 9.17) is 9.84 Å². The Morgan fingerprint density at radius 2 is 1.91 bits per heavy atom. The van der Waals surface area contributed by atoms with Gasteiger partial charge in [-0.3, -0.25) is 9.59 Å². The zero-order valence-electron chi connectivity index (χ0n) is 14.0. The van der Waals surface area contributed by atoms with Crippen LogP contribution >= 0.6 is 0 Å². The van der Waals surface area contributed by atoms with Gasteiger partial charge in [-0.25, -0.2) is 0 Å². The molecule has 1 unspecified atom stereocenters. The van der Waals surface area contributed by atoms with Crippen LogP contribution in [0.25, 0.3) is 0 Å². The third-order valence-corrected chi connectivity index (χ3v) is 3.39. The van der Waals surface area contributed by atoms with Gasteiger partial charge < -0.3 is 20.1 Å². The number of anilines is 1. The van der Waals surface area contributed by atoms with Crippen LogP contribution in [0.5, 0.6) is 0 Å². The van der Waals surface area contributed by atoms with Gasteiger partial charge in [-0.05, 0) is 44.2 Å². The molecule has 1 aromatic rings. The Morgan fingerprint density at radius 3 is 2.43 bits per heavy atom. The highest BCUT2D eigenvalue weighted by molar-refractivity contribution is 6.02. The summed E-state index contributed by atoms with van der Waals surface area (Å²) in [7, 11) is 3.85. The van der Waals surface area contributed by atoms with Crippen molar-refractivity contribution < 1.29 is 19.4 Å². The molecule has 0 aliphatic heterocycles. The second-order valence-electron chi connectivity index (χ2n) is 5.40. The summed E-state index contributed by atoms with van der Waals surface area (Å²) in [6, 6.07) is 6.59. The van der Waals surface area contributed by atoms with Gasteiger partial charge >= 0.3 is 5.97 Å². The van der Waals surface area contributed by atoms with Crippen LogP contribution in [0.4, 0.5) is 5.69 Å². The van der Waals surface area contributed by atoms with Crippen molar-refractivity contribution in [3.63, 3.8) is 0 Å². The van der Waals surface area contributed by atoms with E-state index < -0.39 is 12.0 Å². The topological polar surface area (TPSA) is 78.9 Å². The minimum absolute atomic E-state index is 0.0203. The van der Waals surface area contributed by atoms with Gasteiger partial charge in [0.2, 0.25) is 0 Å². The van der Waals surface area contributed by atoms with Gasteiger partial charge in [-0.15, -0.1) is 0 Å². The van der Waals surface area contributed by atoms with E-state index >= 15 is 0 Å². The number of ether oxygens (including phenoxy) is 1. The lowest BCUT2D eigenvalue weighted by Crippen LogP contribution is -2.39. The zero-order valence-corrected chi connectivity index (χ0v) is 14.0. The van der Waals surface area contributed by atoms with Crippen molar-refractivity contribution in [3.05, 3.63) is 29.8 Å². The Balaban J connectivity index is 2.81. The maximum atomic E-state index is 12.6. The first-order chi connectivity index (χ1) is 11.0. The highest BCUT2D eigenvalue weighted by Crippen LogP contribution is 2.14. The lowest BCUT2D eigenvalue weighted by molar-refractivity contribution is -0.143. The standard InChI is InChI=1S/C17H26N2O4/c1-4-23-16(21)12-15(18-10-5-11-20)17(22)13-6-8-14(9-7-13)19(2)3/h6-9,15,18,20H,4-5,10-12H2,1-3H3. The summed E-state index contributed by atoms with van der Waals surface area (Å²) < 4.78 is 4.93. The van der Waals surface area contributed by atoms with Crippen LogP contribution in [0, 0.1) is 0 Å². The van der Waals surface area contributed by atoms with Crippen LogP contribution in [0.3, 0.4) is 0 Å². The van der Waals surface area contributed by atoms with E-state index in [9.17, 15) is 9.59 Å². The Labute approximate surface area is 137 Å². The summed E-state index contributed by atoms with van der Waals surface area (Å²) in [5.41, 5.74) is 1.54. The summed E-state index contributed by atoms with van der Waals surface area (Å²) in [6.07, 6.45) is 0.500. The average molecular weight is 322 g/mol. The molecule has 1 aromatic carbocycles. The minimum atomic E-state index is -0.647. The van der Waals surface area contributed by atoms with Crippen LogP contribution in [-0.2, 0) is 9.53 Å². The quantitative estimate of drug-likeness (QED) is 0.383. The molecule has 0 fully saturated rings. The second kappa shape index (κ2) is 9.97. The predicted octanol–water partition coefficient (Wildman–Crippen LogP) is 1.23. The lowest BCUT2D eigenvalue weighted by Gasteiger charge is -2.18. The molecule has 0 heterocycles. The van der Waals surface area contributed by atoms with Gasteiger partial charge in [-0.2, -0.15) is 0 Å². The highest BCUT2D eigenvalue weighted by atomic mass is 16.5. The number of carbonyl (C=O) groups excluding carboxylic acids is 2. The third-order valence-electron chi connectivity index (χ3n) is 3.39. The first-order valence-corrected chi connectivity index (χ1v) is 7.81. The number of hydrogen-bond acceptors (Lipinski definition) is 6. The number of hydrogen-bond donors (Lipinski definition) is 2. The number of aliphatic hydroxyl groups excluding tert-OH is 1. The van der Waals surface area contributed by atoms with Crippen LogP contribution < -0.4 is 10.2 Å². The molecule has 0 aliphatic carbocycles. The molecule has 23 heavy (non-hydrogen) atoms. The number of nitrogens with zero attached hydrogens (tertiary/aromatic N) is 1. The average Bonchev–Trinajstić information content (AvgIpc) is 2.53. The molecule has 6 nitrogen and oxygen atoms in total. The number of esters is 1. The van der Waals surface area contributed by atoms with E-state index in [1.807, 2.05) is 31.1 Å². The Bertz CT molecular complexity index is 500. The van der Waals surface area contributed by atoms with E-state index in [1.54, 1.807) is 19.1 Å². The molecule has 1 rings (SSSR count). The first kappa shape index (κ1) is 19.1. The molecule has 2 N–H and O–H groups in total. The van der Waals surface area contributed by atoms with Crippen molar-refractivity contribution in [2.75, 3.05) is 38.8 Å². The van der Waals surface area contributed by atoms with Crippen LogP contribution in [0.2, 0.25) is 0 Å².